The van der Waals surface area contributed by atoms with E-state index in [9.17, 15) is 0 Å². The number of nitrogens with zero attached hydrogens (tertiary/aromatic N) is 1. The Labute approximate surface area is 123 Å². The van der Waals surface area contributed by atoms with E-state index in [0.29, 0.717) is 29.5 Å². The molecule has 1 heterocycles. The fourth-order valence-corrected chi connectivity index (χ4v) is 2.23. The first-order valence-corrected chi connectivity index (χ1v) is 6.97. The van der Waals surface area contributed by atoms with Gasteiger partial charge in [0.2, 0.25) is 0 Å². The van der Waals surface area contributed by atoms with Gasteiger partial charge in [-0.15, -0.1) is 0 Å². The number of pyridine rings is 1. The smallest absolute Gasteiger partial charge is 0.323 e. The molecule has 108 valence electrons. The van der Waals surface area contributed by atoms with Gasteiger partial charge < -0.3 is 14.2 Å². The fraction of sp³-hybridized carbons (Fsp3) is 0.400. The van der Waals surface area contributed by atoms with Crippen molar-refractivity contribution in [2.75, 3.05) is 13.2 Å². The summed E-state index contributed by atoms with van der Waals surface area (Å²) in [4.78, 5) is 4.33. The maximum Gasteiger partial charge on any atom is 0.323 e. The van der Waals surface area contributed by atoms with Crippen LogP contribution in [-0.4, -0.2) is 24.2 Å². The molecule has 0 aliphatic heterocycles. The lowest BCUT2D eigenvalue weighted by molar-refractivity contribution is -0.328. The molecule has 0 radical (unpaired) electrons. The summed E-state index contributed by atoms with van der Waals surface area (Å²) in [6.07, 6.45) is 1.70. The van der Waals surface area contributed by atoms with Crippen LogP contribution in [0.2, 0.25) is 5.02 Å². The summed E-state index contributed by atoms with van der Waals surface area (Å²) in [5.74, 6) is -0.559. The zero-order valence-electron chi connectivity index (χ0n) is 11.9. The van der Waals surface area contributed by atoms with Crippen molar-refractivity contribution in [2.24, 2.45) is 0 Å². The van der Waals surface area contributed by atoms with Gasteiger partial charge in [0.15, 0.2) is 5.75 Å². The van der Waals surface area contributed by atoms with Crippen LogP contribution in [0.15, 0.2) is 30.5 Å². The van der Waals surface area contributed by atoms with Crippen LogP contribution in [0.3, 0.4) is 0 Å². The molecule has 0 bridgehead atoms. The van der Waals surface area contributed by atoms with Crippen molar-refractivity contribution in [3.63, 3.8) is 0 Å². The Balaban J connectivity index is 2.40. The standard InChI is InChI=1S/C15H18ClNO3/c1-4-18-15(3,19-5-2)20-13-9-8-12(16)11-7-6-10-17-14(11)13/h6-10H,4-5H2,1-3H3. The molecular weight excluding hydrogens is 278 g/mol. The summed E-state index contributed by atoms with van der Waals surface area (Å²) in [5, 5.41) is 1.47. The van der Waals surface area contributed by atoms with Crippen molar-refractivity contribution in [1.82, 2.24) is 4.98 Å². The number of rotatable bonds is 6. The minimum Gasteiger partial charge on any atom is -0.437 e. The van der Waals surface area contributed by atoms with Gasteiger partial charge in [-0.25, -0.2) is 0 Å². The molecule has 0 N–H and O–H groups in total. The average molecular weight is 296 g/mol. The SMILES string of the molecule is CCOC(C)(OCC)Oc1ccc(Cl)c2cccnc12. The van der Waals surface area contributed by atoms with Crippen molar-refractivity contribution in [3.8, 4) is 5.75 Å². The predicted molar refractivity (Wildman–Crippen MR) is 79.0 cm³/mol. The van der Waals surface area contributed by atoms with Gasteiger partial charge in [0.1, 0.15) is 5.52 Å². The molecule has 0 aliphatic rings. The van der Waals surface area contributed by atoms with Gasteiger partial charge in [-0.2, -0.15) is 0 Å². The summed E-state index contributed by atoms with van der Waals surface area (Å²) in [6.45, 7) is 6.48. The summed E-state index contributed by atoms with van der Waals surface area (Å²) in [7, 11) is 0. The van der Waals surface area contributed by atoms with Crippen molar-refractivity contribution >= 4 is 22.5 Å². The second kappa shape index (κ2) is 6.39. The zero-order chi connectivity index (χ0) is 14.6. The second-order valence-corrected chi connectivity index (χ2v) is 4.68. The highest BCUT2D eigenvalue weighted by atomic mass is 35.5. The Bertz CT molecular complexity index is 582. The van der Waals surface area contributed by atoms with E-state index in [-0.39, 0.29) is 0 Å². The third-order valence-corrected chi connectivity index (χ3v) is 3.12. The molecular formula is C15H18ClNO3. The van der Waals surface area contributed by atoms with E-state index in [1.807, 2.05) is 26.0 Å². The highest BCUT2D eigenvalue weighted by Gasteiger charge is 2.28. The van der Waals surface area contributed by atoms with Crippen molar-refractivity contribution < 1.29 is 14.2 Å². The molecule has 20 heavy (non-hydrogen) atoms. The van der Waals surface area contributed by atoms with Crippen LogP contribution in [0.1, 0.15) is 20.8 Å². The molecule has 2 aromatic rings. The lowest BCUT2D eigenvalue weighted by Crippen LogP contribution is -2.39. The molecule has 1 aromatic heterocycles. The molecule has 0 fully saturated rings. The van der Waals surface area contributed by atoms with E-state index in [4.69, 9.17) is 25.8 Å². The number of fused-ring (bicyclic) bond motifs is 1. The van der Waals surface area contributed by atoms with Crippen molar-refractivity contribution in [1.29, 1.82) is 0 Å². The second-order valence-electron chi connectivity index (χ2n) is 4.28. The van der Waals surface area contributed by atoms with Crippen molar-refractivity contribution in [3.05, 3.63) is 35.5 Å². The molecule has 5 heteroatoms. The number of hydrogen-bond acceptors (Lipinski definition) is 4. The van der Waals surface area contributed by atoms with Crippen LogP contribution < -0.4 is 4.74 Å². The van der Waals surface area contributed by atoms with Gasteiger partial charge in [-0.3, -0.25) is 4.98 Å². The van der Waals surface area contributed by atoms with Crippen LogP contribution in [0.4, 0.5) is 0 Å². The molecule has 0 saturated carbocycles. The Morgan fingerprint density at radius 3 is 2.50 bits per heavy atom. The first-order chi connectivity index (χ1) is 9.59. The topological polar surface area (TPSA) is 40.6 Å². The van der Waals surface area contributed by atoms with Crippen LogP contribution in [-0.2, 0) is 9.47 Å². The predicted octanol–water partition coefficient (Wildman–Crippen LogP) is 4.01. The maximum atomic E-state index is 6.16. The van der Waals surface area contributed by atoms with E-state index in [2.05, 4.69) is 4.98 Å². The number of benzene rings is 1. The Hall–Kier alpha value is -1.36. The number of aromatic nitrogens is 1. The fourth-order valence-electron chi connectivity index (χ4n) is 2.02. The Kier molecular flexibility index (Phi) is 4.81. The molecule has 0 amide bonds. The lowest BCUT2D eigenvalue weighted by atomic mass is 10.2. The third kappa shape index (κ3) is 3.20. The van der Waals surface area contributed by atoms with Crippen LogP contribution in [0.5, 0.6) is 5.75 Å². The van der Waals surface area contributed by atoms with Crippen LogP contribution in [0, 0.1) is 0 Å². The van der Waals surface area contributed by atoms with Gasteiger partial charge in [0.05, 0.1) is 18.2 Å². The van der Waals surface area contributed by atoms with Gasteiger partial charge in [0, 0.05) is 18.5 Å². The summed E-state index contributed by atoms with van der Waals surface area (Å²) >= 11 is 6.16. The minimum absolute atomic E-state index is 0.482. The van der Waals surface area contributed by atoms with Crippen molar-refractivity contribution in [2.45, 2.75) is 26.7 Å². The largest absolute Gasteiger partial charge is 0.437 e. The molecule has 2 rings (SSSR count). The molecule has 1 aromatic carbocycles. The highest BCUT2D eigenvalue weighted by Crippen LogP contribution is 2.32. The van der Waals surface area contributed by atoms with E-state index < -0.39 is 5.97 Å². The van der Waals surface area contributed by atoms with Crippen LogP contribution >= 0.6 is 11.6 Å². The van der Waals surface area contributed by atoms with Gasteiger partial charge >= 0.3 is 5.97 Å². The van der Waals surface area contributed by atoms with E-state index in [0.717, 1.165) is 5.39 Å². The quantitative estimate of drug-likeness (QED) is 0.755. The summed E-state index contributed by atoms with van der Waals surface area (Å²) < 4.78 is 17.0. The van der Waals surface area contributed by atoms with E-state index >= 15 is 0 Å². The first kappa shape index (κ1) is 15.0. The molecule has 4 nitrogen and oxygen atoms in total. The summed E-state index contributed by atoms with van der Waals surface area (Å²) in [6, 6.07) is 7.28. The first-order valence-electron chi connectivity index (χ1n) is 6.59. The number of ether oxygens (including phenoxy) is 3. The van der Waals surface area contributed by atoms with Gasteiger partial charge in [-0.1, -0.05) is 11.6 Å². The minimum atomic E-state index is -1.14. The molecule has 0 aliphatic carbocycles. The molecule has 0 atom stereocenters. The van der Waals surface area contributed by atoms with E-state index in [1.165, 1.54) is 0 Å². The van der Waals surface area contributed by atoms with Gasteiger partial charge in [-0.05, 0) is 38.1 Å². The highest BCUT2D eigenvalue weighted by molar-refractivity contribution is 6.35. The lowest BCUT2D eigenvalue weighted by Gasteiger charge is -2.29. The zero-order valence-corrected chi connectivity index (χ0v) is 12.6. The van der Waals surface area contributed by atoms with Crippen LogP contribution in [0.25, 0.3) is 10.9 Å². The van der Waals surface area contributed by atoms with Gasteiger partial charge in [0.25, 0.3) is 0 Å². The normalized spacial score (nSPS) is 11.8. The Morgan fingerprint density at radius 1 is 1.15 bits per heavy atom. The summed E-state index contributed by atoms with van der Waals surface area (Å²) in [5.41, 5.74) is 0.686. The Morgan fingerprint density at radius 2 is 1.85 bits per heavy atom. The average Bonchev–Trinajstić information content (AvgIpc) is 2.43. The third-order valence-electron chi connectivity index (χ3n) is 2.79. The molecule has 0 spiro atoms. The molecule has 0 saturated heterocycles. The monoisotopic (exact) mass is 295 g/mol. The molecule has 0 unspecified atom stereocenters. The number of halogens is 1. The van der Waals surface area contributed by atoms with E-state index in [1.54, 1.807) is 25.3 Å². The number of hydrogen-bond donors (Lipinski definition) is 0. The maximum absolute atomic E-state index is 6.16.